The SMILES string of the molecule is CCNC(=NCCc1ccc(OCC)c(OCC)c1)NC1CC1C. The van der Waals surface area contributed by atoms with Crippen LogP contribution in [-0.4, -0.2) is 38.3 Å². The minimum atomic E-state index is 0.581. The summed E-state index contributed by atoms with van der Waals surface area (Å²) in [6, 6.07) is 6.72. The van der Waals surface area contributed by atoms with E-state index >= 15 is 0 Å². The summed E-state index contributed by atoms with van der Waals surface area (Å²) in [5.74, 6) is 3.30. The average Bonchev–Trinajstić information content (AvgIpc) is 3.25. The summed E-state index contributed by atoms with van der Waals surface area (Å²) in [7, 11) is 0. The molecule has 1 fully saturated rings. The summed E-state index contributed by atoms with van der Waals surface area (Å²) in [6.07, 6.45) is 2.12. The number of hydrogen-bond acceptors (Lipinski definition) is 3. The summed E-state index contributed by atoms with van der Waals surface area (Å²) in [6.45, 7) is 11.2. The van der Waals surface area contributed by atoms with Crippen LogP contribution in [0.3, 0.4) is 0 Å². The number of hydrogen-bond donors (Lipinski definition) is 2. The number of nitrogens with zero attached hydrogens (tertiary/aromatic N) is 1. The van der Waals surface area contributed by atoms with E-state index in [1.54, 1.807) is 0 Å². The number of guanidine groups is 1. The smallest absolute Gasteiger partial charge is 0.191 e. The van der Waals surface area contributed by atoms with Gasteiger partial charge in [0, 0.05) is 19.1 Å². The Kier molecular flexibility index (Phi) is 7.22. The first kappa shape index (κ1) is 18.4. The van der Waals surface area contributed by atoms with Gasteiger partial charge < -0.3 is 20.1 Å². The second kappa shape index (κ2) is 9.40. The number of rotatable bonds is 9. The number of benzene rings is 1. The van der Waals surface area contributed by atoms with Gasteiger partial charge in [0.15, 0.2) is 17.5 Å². The summed E-state index contributed by atoms with van der Waals surface area (Å²) in [4.78, 5) is 4.68. The van der Waals surface area contributed by atoms with Crippen LogP contribution in [0, 0.1) is 5.92 Å². The van der Waals surface area contributed by atoms with Crippen LogP contribution in [0.1, 0.15) is 39.7 Å². The molecule has 5 nitrogen and oxygen atoms in total. The van der Waals surface area contributed by atoms with Crippen LogP contribution in [0.2, 0.25) is 0 Å². The molecule has 1 aromatic rings. The van der Waals surface area contributed by atoms with Gasteiger partial charge >= 0.3 is 0 Å². The van der Waals surface area contributed by atoms with Crippen LogP contribution in [0.25, 0.3) is 0 Å². The van der Waals surface area contributed by atoms with E-state index in [0.717, 1.165) is 42.9 Å². The van der Waals surface area contributed by atoms with Crippen molar-refractivity contribution < 1.29 is 9.47 Å². The van der Waals surface area contributed by atoms with Gasteiger partial charge in [0.2, 0.25) is 0 Å². The maximum atomic E-state index is 5.68. The third-order valence-electron chi connectivity index (χ3n) is 4.05. The van der Waals surface area contributed by atoms with Crippen molar-refractivity contribution in [2.75, 3.05) is 26.3 Å². The molecule has 2 N–H and O–H groups in total. The molecular weight excluding hydrogens is 302 g/mol. The van der Waals surface area contributed by atoms with Gasteiger partial charge in [0.05, 0.1) is 13.2 Å². The number of ether oxygens (including phenoxy) is 2. The lowest BCUT2D eigenvalue weighted by Gasteiger charge is -2.13. The summed E-state index contributed by atoms with van der Waals surface area (Å²) in [5, 5.41) is 6.79. The monoisotopic (exact) mass is 333 g/mol. The Morgan fingerprint density at radius 2 is 1.88 bits per heavy atom. The van der Waals surface area contributed by atoms with Crippen LogP contribution in [-0.2, 0) is 6.42 Å². The highest BCUT2D eigenvalue weighted by molar-refractivity contribution is 5.80. The van der Waals surface area contributed by atoms with Crippen molar-refractivity contribution in [1.29, 1.82) is 0 Å². The van der Waals surface area contributed by atoms with E-state index in [1.165, 1.54) is 12.0 Å². The molecule has 0 aliphatic heterocycles. The van der Waals surface area contributed by atoms with E-state index in [4.69, 9.17) is 9.47 Å². The first-order valence-electron chi connectivity index (χ1n) is 9.11. The Morgan fingerprint density at radius 1 is 1.17 bits per heavy atom. The lowest BCUT2D eigenvalue weighted by atomic mass is 10.1. The van der Waals surface area contributed by atoms with Gasteiger partial charge in [-0.05, 0) is 57.2 Å². The molecule has 0 spiro atoms. The Hall–Kier alpha value is -1.91. The van der Waals surface area contributed by atoms with Crippen molar-refractivity contribution in [1.82, 2.24) is 10.6 Å². The summed E-state index contributed by atoms with van der Waals surface area (Å²) in [5.41, 5.74) is 1.21. The summed E-state index contributed by atoms with van der Waals surface area (Å²) < 4.78 is 11.3. The van der Waals surface area contributed by atoms with Gasteiger partial charge in [-0.2, -0.15) is 0 Å². The second-order valence-electron chi connectivity index (χ2n) is 6.12. The van der Waals surface area contributed by atoms with Crippen molar-refractivity contribution in [2.24, 2.45) is 10.9 Å². The third-order valence-corrected chi connectivity index (χ3v) is 4.05. The minimum absolute atomic E-state index is 0.581. The Labute approximate surface area is 145 Å². The third kappa shape index (κ3) is 5.62. The van der Waals surface area contributed by atoms with Crippen LogP contribution >= 0.6 is 0 Å². The second-order valence-corrected chi connectivity index (χ2v) is 6.12. The molecule has 5 heteroatoms. The fourth-order valence-electron chi connectivity index (χ4n) is 2.57. The lowest BCUT2D eigenvalue weighted by Crippen LogP contribution is -2.39. The molecule has 134 valence electrons. The van der Waals surface area contributed by atoms with Crippen molar-refractivity contribution in [3.63, 3.8) is 0 Å². The molecule has 1 aliphatic carbocycles. The maximum Gasteiger partial charge on any atom is 0.191 e. The van der Waals surface area contributed by atoms with Crippen LogP contribution in [0.15, 0.2) is 23.2 Å². The quantitative estimate of drug-likeness (QED) is 0.539. The molecule has 0 bridgehead atoms. The molecule has 0 amide bonds. The zero-order valence-electron chi connectivity index (χ0n) is 15.4. The number of nitrogens with one attached hydrogen (secondary N) is 2. The normalized spacial score (nSPS) is 19.8. The standard InChI is InChI=1S/C19H31N3O2/c1-5-20-19(22-16-12-14(16)4)21-11-10-15-8-9-17(23-6-2)18(13-15)24-7-3/h8-9,13-14,16H,5-7,10-12H2,1-4H3,(H2,20,21,22). The average molecular weight is 333 g/mol. The highest BCUT2D eigenvalue weighted by atomic mass is 16.5. The van der Waals surface area contributed by atoms with E-state index in [1.807, 2.05) is 19.9 Å². The van der Waals surface area contributed by atoms with E-state index in [2.05, 4.69) is 41.6 Å². The molecule has 0 radical (unpaired) electrons. The van der Waals surface area contributed by atoms with Crippen molar-refractivity contribution in [2.45, 2.75) is 46.6 Å². The highest BCUT2D eigenvalue weighted by Crippen LogP contribution is 2.29. The first-order chi connectivity index (χ1) is 11.7. The molecule has 24 heavy (non-hydrogen) atoms. The van der Waals surface area contributed by atoms with Gasteiger partial charge in [0.1, 0.15) is 0 Å². The van der Waals surface area contributed by atoms with E-state index in [-0.39, 0.29) is 0 Å². The van der Waals surface area contributed by atoms with Crippen molar-refractivity contribution in [3.8, 4) is 11.5 Å². The fraction of sp³-hybridized carbons (Fsp3) is 0.632. The molecule has 1 saturated carbocycles. The number of aliphatic imine (C=N–C) groups is 1. The predicted molar refractivity (Wildman–Crippen MR) is 99.2 cm³/mol. The van der Waals surface area contributed by atoms with E-state index < -0.39 is 0 Å². The Bertz CT molecular complexity index is 545. The van der Waals surface area contributed by atoms with Crippen LogP contribution < -0.4 is 20.1 Å². The molecular formula is C19H31N3O2. The summed E-state index contributed by atoms with van der Waals surface area (Å²) >= 11 is 0. The molecule has 2 unspecified atom stereocenters. The molecule has 1 aliphatic rings. The maximum absolute atomic E-state index is 5.68. The zero-order chi connectivity index (χ0) is 17.4. The molecule has 2 rings (SSSR count). The topological polar surface area (TPSA) is 54.9 Å². The lowest BCUT2D eigenvalue weighted by molar-refractivity contribution is 0.287. The molecule has 0 heterocycles. The van der Waals surface area contributed by atoms with Crippen molar-refractivity contribution in [3.05, 3.63) is 23.8 Å². The Balaban J connectivity index is 1.93. The minimum Gasteiger partial charge on any atom is -0.490 e. The van der Waals surface area contributed by atoms with Gasteiger partial charge in [-0.1, -0.05) is 13.0 Å². The molecule has 2 atom stereocenters. The molecule has 0 saturated heterocycles. The van der Waals surface area contributed by atoms with E-state index in [0.29, 0.717) is 19.3 Å². The molecule has 1 aromatic carbocycles. The van der Waals surface area contributed by atoms with Gasteiger partial charge in [-0.25, -0.2) is 0 Å². The van der Waals surface area contributed by atoms with Gasteiger partial charge in [-0.15, -0.1) is 0 Å². The molecule has 0 aromatic heterocycles. The van der Waals surface area contributed by atoms with E-state index in [9.17, 15) is 0 Å². The van der Waals surface area contributed by atoms with Crippen molar-refractivity contribution >= 4 is 5.96 Å². The largest absolute Gasteiger partial charge is 0.490 e. The predicted octanol–water partition coefficient (Wildman–Crippen LogP) is 2.99. The highest BCUT2D eigenvalue weighted by Gasteiger charge is 2.33. The fourth-order valence-corrected chi connectivity index (χ4v) is 2.57. The van der Waals surface area contributed by atoms with Gasteiger partial charge in [0.25, 0.3) is 0 Å². The zero-order valence-corrected chi connectivity index (χ0v) is 15.4. The van der Waals surface area contributed by atoms with Crippen LogP contribution in [0.4, 0.5) is 0 Å². The first-order valence-corrected chi connectivity index (χ1v) is 9.11. The van der Waals surface area contributed by atoms with Gasteiger partial charge in [-0.3, -0.25) is 4.99 Å². The van der Waals surface area contributed by atoms with Crippen LogP contribution in [0.5, 0.6) is 11.5 Å². The Morgan fingerprint density at radius 3 is 2.50 bits per heavy atom.